The van der Waals surface area contributed by atoms with Crippen LogP contribution in [0.1, 0.15) is 40.0 Å². The fourth-order valence-electron chi connectivity index (χ4n) is 2.28. The van der Waals surface area contributed by atoms with Crippen LogP contribution < -0.4 is 5.32 Å². The van der Waals surface area contributed by atoms with Crippen LogP contribution in [0, 0.1) is 0 Å². The summed E-state index contributed by atoms with van der Waals surface area (Å²) < 4.78 is 9.94. The number of amides is 1. The molecule has 20 heavy (non-hydrogen) atoms. The van der Waals surface area contributed by atoms with Crippen LogP contribution in [0.15, 0.2) is 0 Å². The molecule has 1 saturated heterocycles. The van der Waals surface area contributed by atoms with Crippen molar-refractivity contribution in [2.75, 3.05) is 26.7 Å². The van der Waals surface area contributed by atoms with Gasteiger partial charge < -0.3 is 14.8 Å². The molecular weight excluding hydrogens is 260 g/mol. The molecular formula is C14H26N2O4. The predicted molar refractivity (Wildman–Crippen MR) is 75.5 cm³/mol. The second-order valence-corrected chi connectivity index (χ2v) is 6.00. The maximum absolute atomic E-state index is 11.6. The Morgan fingerprint density at radius 3 is 2.65 bits per heavy atom. The number of carbonyl (C=O) groups excluding carboxylic acids is 2. The van der Waals surface area contributed by atoms with E-state index in [0.717, 1.165) is 32.4 Å². The molecule has 1 amide bonds. The van der Waals surface area contributed by atoms with E-state index in [9.17, 15) is 9.59 Å². The van der Waals surface area contributed by atoms with Gasteiger partial charge in [-0.2, -0.15) is 0 Å². The quantitative estimate of drug-likeness (QED) is 0.613. The topological polar surface area (TPSA) is 67.9 Å². The maximum Gasteiger partial charge on any atom is 0.407 e. The fourth-order valence-corrected chi connectivity index (χ4v) is 2.28. The van der Waals surface area contributed by atoms with Gasteiger partial charge in [0.25, 0.3) is 0 Å². The molecule has 1 aliphatic heterocycles. The van der Waals surface area contributed by atoms with Gasteiger partial charge in [0.15, 0.2) is 0 Å². The molecule has 0 unspecified atom stereocenters. The Kier molecular flexibility index (Phi) is 6.26. The molecule has 6 heteroatoms. The Labute approximate surface area is 120 Å². The lowest BCUT2D eigenvalue weighted by Gasteiger charge is -2.22. The average Bonchev–Trinajstić information content (AvgIpc) is 2.79. The zero-order valence-corrected chi connectivity index (χ0v) is 12.9. The molecule has 0 bridgehead atoms. The van der Waals surface area contributed by atoms with Crippen LogP contribution >= 0.6 is 0 Å². The highest BCUT2D eigenvalue weighted by atomic mass is 16.6. The lowest BCUT2D eigenvalue weighted by Crippen LogP contribution is -2.39. The first-order chi connectivity index (χ1) is 9.33. The first-order valence-electron chi connectivity index (χ1n) is 7.12. The van der Waals surface area contributed by atoms with E-state index in [4.69, 9.17) is 9.47 Å². The highest BCUT2D eigenvalue weighted by Crippen LogP contribution is 2.18. The second-order valence-electron chi connectivity index (χ2n) is 6.00. The van der Waals surface area contributed by atoms with Crippen LogP contribution in [0.4, 0.5) is 4.79 Å². The first kappa shape index (κ1) is 16.8. The van der Waals surface area contributed by atoms with Gasteiger partial charge in [-0.15, -0.1) is 0 Å². The molecule has 1 atom stereocenters. The lowest BCUT2D eigenvalue weighted by atomic mass is 10.2. The van der Waals surface area contributed by atoms with Gasteiger partial charge in [-0.25, -0.2) is 4.79 Å². The van der Waals surface area contributed by atoms with Crippen molar-refractivity contribution in [3.63, 3.8) is 0 Å². The van der Waals surface area contributed by atoms with Gasteiger partial charge in [0.2, 0.25) is 0 Å². The van der Waals surface area contributed by atoms with Crippen molar-refractivity contribution in [3.05, 3.63) is 0 Å². The van der Waals surface area contributed by atoms with E-state index in [1.165, 1.54) is 7.11 Å². The molecule has 1 N–H and O–H groups in total. The smallest absolute Gasteiger partial charge is 0.407 e. The summed E-state index contributed by atoms with van der Waals surface area (Å²) in [5.74, 6) is -0.164. The van der Waals surface area contributed by atoms with Gasteiger partial charge in [-0.3, -0.25) is 9.69 Å². The number of methoxy groups -OCH3 is 1. The third-order valence-electron chi connectivity index (χ3n) is 3.13. The Morgan fingerprint density at radius 2 is 2.05 bits per heavy atom. The number of esters is 1. The van der Waals surface area contributed by atoms with Crippen LogP contribution in [0.2, 0.25) is 0 Å². The van der Waals surface area contributed by atoms with Crippen molar-refractivity contribution in [2.45, 2.75) is 51.7 Å². The summed E-state index contributed by atoms with van der Waals surface area (Å²) in [4.78, 5) is 25.1. The van der Waals surface area contributed by atoms with E-state index < -0.39 is 11.7 Å². The van der Waals surface area contributed by atoms with Crippen molar-refractivity contribution in [2.24, 2.45) is 0 Å². The molecule has 116 valence electrons. The monoisotopic (exact) mass is 286 g/mol. The fraction of sp³-hybridized carbons (Fsp3) is 0.857. The summed E-state index contributed by atoms with van der Waals surface area (Å²) in [6.07, 6.45) is 2.25. The van der Waals surface area contributed by atoms with Crippen LogP contribution in [-0.2, 0) is 14.3 Å². The van der Waals surface area contributed by atoms with Gasteiger partial charge >= 0.3 is 12.1 Å². The Morgan fingerprint density at radius 1 is 1.35 bits per heavy atom. The zero-order chi connectivity index (χ0) is 15.2. The summed E-state index contributed by atoms with van der Waals surface area (Å²) in [5.41, 5.74) is -0.477. The molecule has 1 aliphatic rings. The Hall–Kier alpha value is -1.30. The number of nitrogens with zero attached hydrogens (tertiary/aromatic N) is 1. The number of ether oxygens (including phenoxy) is 2. The number of hydrogen-bond acceptors (Lipinski definition) is 5. The highest BCUT2D eigenvalue weighted by Gasteiger charge is 2.30. The summed E-state index contributed by atoms with van der Waals surface area (Å²) >= 11 is 0. The molecule has 0 aromatic rings. The van der Waals surface area contributed by atoms with E-state index in [2.05, 4.69) is 10.2 Å². The van der Waals surface area contributed by atoms with Gasteiger partial charge in [0, 0.05) is 13.1 Å². The zero-order valence-electron chi connectivity index (χ0n) is 12.9. The number of hydrogen-bond donors (Lipinski definition) is 1. The summed E-state index contributed by atoms with van der Waals surface area (Å²) in [7, 11) is 1.42. The van der Waals surface area contributed by atoms with E-state index in [1.807, 2.05) is 20.8 Å². The number of rotatable bonds is 5. The molecule has 0 aliphatic carbocycles. The van der Waals surface area contributed by atoms with Crippen molar-refractivity contribution in [1.29, 1.82) is 0 Å². The minimum absolute atomic E-state index is 0.124. The number of carbonyl (C=O) groups is 2. The molecule has 0 saturated carbocycles. The molecule has 6 nitrogen and oxygen atoms in total. The average molecular weight is 286 g/mol. The minimum atomic E-state index is -0.477. The summed E-state index contributed by atoms with van der Waals surface area (Å²) in [6.45, 7) is 7.72. The van der Waals surface area contributed by atoms with Crippen molar-refractivity contribution < 1.29 is 19.1 Å². The van der Waals surface area contributed by atoms with Gasteiger partial charge in [-0.1, -0.05) is 0 Å². The first-order valence-corrected chi connectivity index (χ1v) is 7.12. The molecule has 0 aromatic carbocycles. The third kappa shape index (κ3) is 5.77. The molecule has 1 fully saturated rings. The number of nitrogens with one attached hydrogen (secondary N) is 1. The molecule has 0 radical (unpaired) electrons. The van der Waals surface area contributed by atoms with Crippen LogP contribution in [0.25, 0.3) is 0 Å². The molecule has 0 aromatic heterocycles. The van der Waals surface area contributed by atoms with Crippen molar-refractivity contribution in [3.8, 4) is 0 Å². The van der Waals surface area contributed by atoms with Gasteiger partial charge in [-0.05, 0) is 46.6 Å². The third-order valence-corrected chi connectivity index (χ3v) is 3.13. The minimum Gasteiger partial charge on any atom is -0.468 e. The molecule has 0 spiro atoms. The van der Waals surface area contributed by atoms with Gasteiger partial charge in [0.1, 0.15) is 11.6 Å². The standard InChI is InChI=1S/C14H26N2O4/c1-14(2,3)20-13(18)15-8-6-10-16-9-5-7-11(16)12(17)19-4/h11H,5-10H2,1-4H3,(H,15,18)/t11-/m0/s1. The largest absolute Gasteiger partial charge is 0.468 e. The Balaban J connectivity index is 2.21. The number of likely N-dealkylation sites (tertiary alicyclic amines) is 1. The molecule has 1 rings (SSSR count). The van der Waals surface area contributed by atoms with Crippen LogP contribution in [-0.4, -0.2) is 55.3 Å². The highest BCUT2D eigenvalue weighted by molar-refractivity contribution is 5.75. The van der Waals surface area contributed by atoms with E-state index in [-0.39, 0.29) is 12.0 Å². The van der Waals surface area contributed by atoms with E-state index in [1.54, 1.807) is 0 Å². The van der Waals surface area contributed by atoms with E-state index >= 15 is 0 Å². The predicted octanol–water partition coefficient (Wildman–Crippen LogP) is 1.54. The Bertz CT molecular complexity index is 339. The van der Waals surface area contributed by atoms with Crippen LogP contribution in [0.3, 0.4) is 0 Å². The van der Waals surface area contributed by atoms with E-state index in [0.29, 0.717) is 6.54 Å². The maximum atomic E-state index is 11.6. The lowest BCUT2D eigenvalue weighted by molar-refractivity contribution is -0.145. The summed E-state index contributed by atoms with van der Waals surface area (Å²) in [5, 5.41) is 2.72. The van der Waals surface area contributed by atoms with Crippen molar-refractivity contribution in [1.82, 2.24) is 10.2 Å². The SMILES string of the molecule is COC(=O)[C@@H]1CCCN1CCCNC(=O)OC(C)(C)C. The second kappa shape index (κ2) is 7.47. The summed E-state index contributed by atoms with van der Waals surface area (Å²) in [6, 6.07) is -0.124. The van der Waals surface area contributed by atoms with Crippen LogP contribution in [0.5, 0.6) is 0 Å². The number of alkyl carbamates (subject to hydrolysis) is 1. The van der Waals surface area contributed by atoms with Crippen molar-refractivity contribution >= 4 is 12.1 Å². The molecule has 1 heterocycles. The van der Waals surface area contributed by atoms with Gasteiger partial charge in [0.05, 0.1) is 7.11 Å². The normalized spacial score (nSPS) is 19.7.